The second-order valence-corrected chi connectivity index (χ2v) is 3.96. The van der Waals surface area contributed by atoms with E-state index in [1.807, 2.05) is 0 Å². The molecule has 1 aliphatic heterocycles. The van der Waals surface area contributed by atoms with Gasteiger partial charge in [0.15, 0.2) is 6.10 Å². The van der Waals surface area contributed by atoms with Crippen LogP contribution in [0.5, 0.6) is 0 Å². The molecule has 1 fully saturated rings. The molecule has 0 radical (unpaired) electrons. The van der Waals surface area contributed by atoms with Crippen LogP contribution in [-0.4, -0.2) is 59.9 Å². The fourth-order valence-corrected chi connectivity index (χ4v) is 1.50. The van der Waals surface area contributed by atoms with Gasteiger partial charge in [-0.05, 0) is 0 Å². The molecule has 18 heavy (non-hydrogen) atoms. The Morgan fingerprint density at radius 3 is 2.22 bits per heavy atom. The molecule has 0 aromatic heterocycles. The predicted molar refractivity (Wildman–Crippen MR) is 44.4 cm³/mol. The predicted octanol–water partition coefficient (Wildman–Crippen LogP) is -8.97. The van der Waals surface area contributed by atoms with Gasteiger partial charge in [-0.25, -0.2) is 8.98 Å². The van der Waals surface area contributed by atoms with Gasteiger partial charge in [-0.3, -0.25) is 9.35 Å². The van der Waals surface area contributed by atoms with E-state index in [-0.39, 0.29) is 59.1 Å². The van der Waals surface area contributed by atoms with Crippen molar-refractivity contribution in [3.8, 4) is 0 Å². The zero-order valence-electron chi connectivity index (χ0n) is 9.64. The number of esters is 1. The smallest absolute Gasteiger partial charge is 0.449 e. The van der Waals surface area contributed by atoms with Crippen molar-refractivity contribution >= 4 is 22.2 Å². The van der Waals surface area contributed by atoms with Gasteiger partial charge in [0, 0.05) is 0 Å². The summed E-state index contributed by atoms with van der Waals surface area (Å²) < 4.78 is 36.9. The summed E-state index contributed by atoms with van der Waals surface area (Å²) in [5.41, 5.74) is 0. The third-order valence-corrected chi connectivity index (χ3v) is 2.19. The molecule has 0 amide bonds. The molecule has 3 N–H and O–H groups in total. The van der Waals surface area contributed by atoms with Crippen molar-refractivity contribution in [3.05, 3.63) is 0 Å². The van der Waals surface area contributed by atoms with E-state index in [1.165, 1.54) is 0 Å². The van der Waals surface area contributed by atoms with Gasteiger partial charge < -0.3 is 14.9 Å². The van der Waals surface area contributed by atoms with Crippen LogP contribution in [-0.2, 0) is 28.9 Å². The minimum atomic E-state index is -5.00. The SMILES string of the molecule is O=C1OC(C(O)CO)C(=O)C1OS(=O)(=O)O.[Na+].[Na+]. The van der Waals surface area contributed by atoms with Crippen LogP contribution in [0, 0.1) is 0 Å². The Balaban J connectivity index is 0. The van der Waals surface area contributed by atoms with Gasteiger partial charge in [0.05, 0.1) is 6.61 Å². The van der Waals surface area contributed by atoms with Gasteiger partial charge in [0.25, 0.3) is 0 Å². The quantitative estimate of drug-likeness (QED) is 0.199. The molecule has 0 aromatic carbocycles. The molecule has 1 heterocycles. The maximum atomic E-state index is 11.3. The molecule has 3 unspecified atom stereocenters. The average molecular weight is 302 g/mol. The summed E-state index contributed by atoms with van der Waals surface area (Å²) in [4.78, 5) is 22.2. The van der Waals surface area contributed by atoms with E-state index in [9.17, 15) is 18.0 Å². The maximum Gasteiger partial charge on any atom is 1.00 e. The number of ketones is 1. The number of carbonyl (C=O) groups is 2. The Hall–Kier alpha value is 0.930. The zero-order valence-corrected chi connectivity index (χ0v) is 14.5. The molecule has 9 nitrogen and oxygen atoms in total. The van der Waals surface area contributed by atoms with E-state index in [0.29, 0.717) is 0 Å². The van der Waals surface area contributed by atoms with Crippen molar-refractivity contribution in [2.75, 3.05) is 6.61 Å². The molecule has 0 bridgehead atoms. The average Bonchev–Trinajstić information content (AvgIpc) is 2.42. The number of ether oxygens (including phenoxy) is 1. The molecule has 1 saturated heterocycles. The summed E-state index contributed by atoms with van der Waals surface area (Å²) in [6, 6.07) is 0. The fourth-order valence-electron chi connectivity index (χ4n) is 1.08. The summed E-state index contributed by atoms with van der Waals surface area (Å²) in [6.07, 6.45) is -5.53. The second kappa shape index (κ2) is 8.27. The van der Waals surface area contributed by atoms with Gasteiger partial charge in [-0.2, -0.15) is 8.42 Å². The molecular weight excluding hydrogens is 294 g/mol. The summed E-state index contributed by atoms with van der Waals surface area (Å²) in [6.45, 7) is -0.859. The number of aliphatic hydroxyl groups is 2. The number of hydrogen-bond acceptors (Lipinski definition) is 8. The Labute approximate surface area is 146 Å². The molecular formula is C6H8Na2O9S+2. The third-order valence-electron chi connectivity index (χ3n) is 1.75. The molecule has 1 aliphatic rings. The first-order valence-corrected chi connectivity index (χ1v) is 5.31. The number of Topliss-reactive ketones (excluding diaryl/α,β-unsaturated/α-hetero) is 1. The first-order valence-electron chi connectivity index (χ1n) is 3.95. The van der Waals surface area contributed by atoms with Gasteiger partial charge in [0.1, 0.15) is 6.10 Å². The number of aliphatic hydroxyl groups excluding tert-OH is 2. The standard InChI is InChI=1S/C6H8O9S.2Na/c7-1-2(8)4-3(9)5(6(10)14-4)15-16(11,12)13;;/h2,4-5,7-8H,1H2,(H,11,12,13);;/q;2*+1. The van der Waals surface area contributed by atoms with E-state index in [2.05, 4.69) is 8.92 Å². The molecule has 0 saturated carbocycles. The zero-order chi connectivity index (χ0) is 12.5. The normalized spacial score (nSPS) is 24.8. The topological polar surface area (TPSA) is 147 Å². The van der Waals surface area contributed by atoms with Crippen molar-refractivity contribution < 1.29 is 101 Å². The Bertz CT molecular complexity index is 407. The monoisotopic (exact) mass is 302 g/mol. The first-order chi connectivity index (χ1) is 7.26. The minimum absolute atomic E-state index is 0. The Kier molecular flexibility index (Phi) is 9.75. The van der Waals surface area contributed by atoms with E-state index in [0.717, 1.165) is 0 Å². The van der Waals surface area contributed by atoms with Crippen LogP contribution in [0.4, 0.5) is 0 Å². The molecule has 3 atom stereocenters. The molecule has 0 aromatic rings. The number of hydrogen-bond donors (Lipinski definition) is 3. The number of carbonyl (C=O) groups excluding carboxylic acids is 2. The Morgan fingerprint density at radius 1 is 1.33 bits per heavy atom. The van der Waals surface area contributed by atoms with Crippen LogP contribution in [0.3, 0.4) is 0 Å². The molecule has 12 heteroatoms. The van der Waals surface area contributed by atoms with Gasteiger partial charge in [-0.15, -0.1) is 0 Å². The van der Waals surface area contributed by atoms with Crippen molar-refractivity contribution in [1.29, 1.82) is 0 Å². The van der Waals surface area contributed by atoms with E-state index in [4.69, 9.17) is 14.8 Å². The van der Waals surface area contributed by atoms with E-state index < -0.39 is 47.1 Å². The minimum Gasteiger partial charge on any atom is -0.449 e. The van der Waals surface area contributed by atoms with Crippen molar-refractivity contribution in [2.45, 2.75) is 18.3 Å². The van der Waals surface area contributed by atoms with Crippen LogP contribution in [0.1, 0.15) is 0 Å². The van der Waals surface area contributed by atoms with E-state index in [1.54, 1.807) is 0 Å². The summed E-state index contributed by atoms with van der Waals surface area (Å²) >= 11 is 0. The fraction of sp³-hybridized carbons (Fsp3) is 0.667. The van der Waals surface area contributed by atoms with Crippen LogP contribution in [0.2, 0.25) is 0 Å². The van der Waals surface area contributed by atoms with Crippen molar-refractivity contribution in [3.63, 3.8) is 0 Å². The maximum absolute atomic E-state index is 11.3. The van der Waals surface area contributed by atoms with Crippen LogP contribution in [0.15, 0.2) is 0 Å². The summed E-state index contributed by atoms with van der Waals surface area (Å²) in [5, 5.41) is 17.6. The molecule has 0 spiro atoms. The second-order valence-electron chi connectivity index (χ2n) is 2.91. The Morgan fingerprint density at radius 2 is 1.83 bits per heavy atom. The van der Waals surface area contributed by atoms with Gasteiger partial charge in [0.2, 0.25) is 11.9 Å². The third kappa shape index (κ3) is 5.51. The molecule has 0 aliphatic carbocycles. The van der Waals surface area contributed by atoms with Crippen LogP contribution in [0.25, 0.3) is 0 Å². The van der Waals surface area contributed by atoms with Crippen LogP contribution < -0.4 is 59.1 Å². The van der Waals surface area contributed by atoms with Crippen molar-refractivity contribution in [1.82, 2.24) is 0 Å². The van der Waals surface area contributed by atoms with Crippen molar-refractivity contribution in [2.24, 2.45) is 0 Å². The summed E-state index contributed by atoms with van der Waals surface area (Å²) in [5.74, 6) is -2.55. The molecule has 92 valence electrons. The molecule has 1 rings (SSSR count). The van der Waals surface area contributed by atoms with Gasteiger partial charge in [-0.1, -0.05) is 0 Å². The summed E-state index contributed by atoms with van der Waals surface area (Å²) in [7, 11) is -5.00. The van der Waals surface area contributed by atoms with E-state index >= 15 is 0 Å². The van der Waals surface area contributed by atoms with Gasteiger partial charge >= 0.3 is 75.5 Å². The number of cyclic esters (lactones) is 1. The van der Waals surface area contributed by atoms with Crippen LogP contribution >= 0.6 is 0 Å². The largest absolute Gasteiger partial charge is 1.00 e. The first kappa shape index (κ1) is 21.2. The number of rotatable bonds is 4.